The summed E-state index contributed by atoms with van der Waals surface area (Å²) in [6, 6.07) is 3.36. The molecule has 5 heteroatoms. The van der Waals surface area contributed by atoms with Crippen molar-refractivity contribution in [2.24, 2.45) is 11.7 Å². The van der Waals surface area contributed by atoms with Gasteiger partial charge in [-0.3, -0.25) is 0 Å². The minimum Gasteiger partial charge on any atom is -0.392 e. The molecule has 3 N–H and O–H groups in total. The van der Waals surface area contributed by atoms with E-state index in [0.717, 1.165) is 18.9 Å². The molecule has 0 amide bonds. The summed E-state index contributed by atoms with van der Waals surface area (Å²) in [6.45, 7) is 1.27. The van der Waals surface area contributed by atoms with E-state index in [1.165, 1.54) is 12.1 Å². The van der Waals surface area contributed by atoms with Gasteiger partial charge < -0.3 is 15.6 Å². The lowest BCUT2D eigenvalue weighted by molar-refractivity contribution is -0.0188. The highest BCUT2D eigenvalue weighted by atomic mass is 19.1. The van der Waals surface area contributed by atoms with Crippen molar-refractivity contribution in [3.05, 3.63) is 35.4 Å². The Hall–Kier alpha value is -1.04. The van der Waals surface area contributed by atoms with E-state index in [9.17, 15) is 13.9 Å². The molecule has 0 saturated carbocycles. The normalized spacial score (nSPS) is 23.1. The molecule has 1 aliphatic rings. The number of aliphatic hydroxyl groups excluding tert-OH is 1. The van der Waals surface area contributed by atoms with Crippen molar-refractivity contribution in [1.29, 1.82) is 0 Å². The summed E-state index contributed by atoms with van der Waals surface area (Å²) in [6.07, 6.45) is 0.941. The van der Waals surface area contributed by atoms with Gasteiger partial charge in [-0.05, 0) is 24.5 Å². The zero-order valence-electron chi connectivity index (χ0n) is 10.7. The fourth-order valence-electron chi connectivity index (χ4n) is 2.62. The van der Waals surface area contributed by atoms with Crippen LogP contribution in [-0.4, -0.2) is 31.0 Å². The zero-order chi connectivity index (χ0) is 13.8. The van der Waals surface area contributed by atoms with Gasteiger partial charge in [0, 0.05) is 31.1 Å². The SMILES string of the molecule is NCC(c1ccc(F)cc1F)C(O)C1CCCOC1. The molecule has 0 aromatic heterocycles. The van der Waals surface area contributed by atoms with Gasteiger partial charge in [0.2, 0.25) is 0 Å². The van der Waals surface area contributed by atoms with Gasteiger partial charge >= 0.3 is 0 Å². The molecule has 1 heterocycles. The van der Waals surface area contributed by atoms with Gasteiger partial charge in [0.1, 0.15) is 11.6 Å². The summed E-state index contributed by atoms with van der Waals surface area (Å²) < 4.78 is 32.0. The lowest BCUT2D eigenvalue weighted by Crippen LogP contribution is -2.37. The van der Waals surface area contributed by atoms with Gasteiger partial charge in [-0.15, -0.1) is 0 Å². The highest BCUT2D eigenvalue weighted by molar-refractivity contribution is 5.24. The molecule has 3 nitrogen and oxygen atoms in total. The second kappa shape index (κ2) is 6.41. The van der Waals surface area contributed by atoms with Crippen LogP contribution in [0.4, 0.5) is 8.78 Å². The van der Waals surface area contributed by atoms with E-state index in [4.69, 9.17) is 10.5 Å². The van der Waals surface area contributed by atoms with E-state index >= 15 is 0 Å². The third kappa shape index (κ3) is 3.29. The third-order valence-electron chi connectivity index (χ3n) is 3.71. The Morgan fingerprint density at radius 1 is 1.42 bits per heavy atom. The minimum absolute atomic E-state index is 0.0493. The van der Waals surface area contributed by atoms with Crippen LogP contribution in [0.2, 0.25) is 0 Å². The molecule has 0 radical (unpaired) electrons. The predicted molar refractivity (Wildman–Crippen MR) is 67.7 cm³/mol. The van der Waals surface area contributed by atoms with Crippen LogP contribution in [0.5, 0.6) is 0 Å². The number of benzene rings is 1. The Bertz CT molecular complexity index is 422. The summed E-state index contributed by atoms with van der Waals surface area (Å²) in [5.41, 5.74) is 5.92. The number of halogens is 2. The fourth-order valence-corrected chi connectivity index (χ4v) is 2.62. The summed E-state index contributed by atoms with van der Waals surface area (Å²) in [5.74, 6) is -1.88. The van der Waals surface area contributed by atoms with E-state index in [2.05, 4.69) is 0 Å². The van der Waals surface area contributed by atoms with E-state index in [1.54, 1.807) is 0 Å². The van der Waals surface area contributed by atoms with E-state index < -0.39 is 23.7 Å². The van der Waals surface area contributed by atoms with Crippen molar-refractivity contribution in [2.75, 3.05) is 19.8 Å². The molecular weight excluding hydrogens is 252 g/mol. The molecule has 0 spiro atoms. The molecule has 3 atom stereocenters. The smallest absolute Gasteiger partial charge is 0.129 e. The average molecular weight is 271 g/mol. The summed E-state index contributed by atoms with van der Waals surface area (Å²) >= 11 is 0. The maximum absolute atomic E-state index is 13.8. The first kappa shape index (κ1) is 14.4. The molecule has 1 saturated heterocycles. The maximum Gasteiger partial charge on any atom is 0.129 e. The molecule has 1 fully saturated rings. The van der Waals surface area contributed by atoms with Crippen molar-refractivity contribution in [3.63, 3.8) is 0 Å². The molecule has 0 aliphatic carbocycles. The van der Waals surface area contributed by atoms with Gasteiger partial charge in [0.15, 0.2) is 0 Å². The van der Waals surface area contributed by atoms with Crippen molar-refractivity contribution in [2.45, 2.75) is 24.9 Å². The van der Waals surface area contributed by atoms with Gasteiger partial charge in [0.05, 0.1) is 12.7 Å². The first-order valence-corrected chi connectivity index (χ1v) is 6.54. The van der Waals surface area contributed by atoms with Crippen molar-refractivity contribution in [3.8, 4) is 0 Å². The van der Waals surface area contributed by atoms with Crippen LogP contribution in [0.1, 0.15) is 24.3 Å². The highest BCUT2D eigenvalue weighted by Crippen LogP contribution is 2.30. The molecule has 19 heavy (non-hydrogen) atoms. The summed E-state index contributed by atoms with van der Waals surface area (Å²) in [5, 5.41) is 10.4. The van der Waals surface area contributed by atoms with Gasteiger partial charge in [0.25, 0.3) is 0 Å². The van der Waals surface area contributed by atoms with Crippen LogP contribution in [0, 0.1) is 17.6 Å². The molecule has 1 aromatic carbocycles. The number of hydrogen-bond acceptors (Lipinski definition) is 3. The number of rotatable bonds is 4. The van der Waals surface area contributed by atoms with Crippen LogP contribution in [0.15, 0.2) is 18.2 Å². The molecule has 3 unspecified atom stereocenters. The van der Waals surface area contributed by atoms with Crippen LogP contribution in [0.25, 0.3) is 0 Å². The topological polar surface area (TPSA) is 55.5 Å². The number of ether oxygens (including phenoxy) is 1. The monoisotopic (exact) mass is 271 g/mol. The summed E-state index contributed by atoms with van der Waals surface area (Å²) in [7, 11) is 0. The Balaban J connectivity index is 2.18. The summed E-state index contributed by atoms with van der Waals surface area (Å²) in [4.78, 5) is 0. The zero-order valence-corrected chi connectivity index (χ0v) is 10.7. The first-order chi connectivity index (χ1) is 9.13. The largest absolute Gasteiger partial charge is 0.392 e. The van der Waals surface area contributed by atoms with E-state index in [1.807, 2.05) is 0 Å². The van der Waals surface area contributed by atoms with Crippen LogP contribution in [-0.2, 0) is 4.74 Å². The lowest BCUT2D eigenvalue weighted by Gasteiger charge is -2.32. The fraction of sp³-hybridized carbons (Fsp3) is 0.571. The Morgan fingerprint density at radius 2 is 2.21 bits per heavy atom. The molecule has 1 aromatic rings. The van der Waals surface area contributed by atoms with Crippen molar-refractivity contribution < 1.29 is 18.6 Å². The van der Waals surface area contributed by atoms with Gasteiger partial charge in [-0.1, -0.05) is 6.07 Å². The van der Waals surface area contributed by atoms with Crippen molar-refractivity contribution >= 4 is 0 Å². The number of hydrogen-bond donors (Lipinski definition) is 2. The van der Waals surface area contributed by atoms with Crippen LogP contribution >= 0.6 is 0 Å². The van der Waals surface area contributed by atoms with Gasteiger partial charge in [-0.25, -0.2) is 8.78 Å². The molecule has 106 valence electrons. The Morgan fingerprint density at radius 3 is 2.79 bits per heavy atom. The first-order valence-electron chi connectivity index (χ1n) is 6.54. The quantitative estimate of drug-likeness (QED) is 0.878. The van der Waals surface area contributed by atoms with Crippen molar-refractivity contribution in [1.82, 2.24) is 0 Å². The Labute approximate surface area is 111 Å². The standard InChI is InChI=1S/C14H19F2NO2/c15-10-3-4-11(13(16)6-10)12(7-17)14(18)9-2-1-5-19-8-9/h3-4,6,9,12,14,18H,1-2,5,7-8,17H2. The lowest BCUT2D eigenvalue weighted by atomic mass is 9.83. The van der Waals surface area contributed by atoms with E-state index in [-0.39, 0.29) is 18.0 Å². The maximum atomic E-state index is 13.8. The van der Waals surface area contributed by atoms with Gasteiger partial charge in [-0.2, -0.15) is 0 Å². The highest BCUT2D eigenvalue weighted by Gasteiger charge is 2.31. The predicted octanol–water partition coefficient (Wildman–Crippen LogP) is 1.79. The minimum atomic E-state index is -0.773. The van der Waals surface area contributed by atoms with Crippen LogP contribution in [0.3, 0.4) is 0 Å². The average Bonchev–Trinajstić information content (AvgIpc) is 2.42. The number of nitrogens with two attached hydrogens (primary N) is 1. The molecule has 0 bridgehead atoms. The second-order valence-electron chi connectivity index (χ2n) is 4.98. The number of aliphatic hydroxyl groups is 1. The third-order valence-corrected chi connectivity index (χ3v) is 3.71. The Kier molecular flexibility index (Phi) is 4.85. The second-order valence-corrected chi connectivity index (χ2v) is 4.98. The molecular formula is C14H19F2NO2. The molecule has 2 rings (SSSR count). The van der Waals surface area contributed by atoms with E-state index in [0.29, 0.717) is 13.2 Å². The molecule has 1 aliphatic heterocycles. The van der Waals surface area contributed by atoms with Crippen LogP contribution < -0.4 is 5.73 Å².